The van der Waals surface area contributed by atoms with Gasteiger partial charge in [0.05, 0.1) is 31.3 Å². The molecule has 0 saturated carbocycles. The van der Waals surface area contributed by atoms with Crippen LogP contribution in [0.3, 0.4) is 0 Å². The quantitative estimate of drug-likeness (QED) is 0.803. The van der Waals surface area contributed by atoms with Crippen LogP contribution in [0.2, 0.25) is 0 Å². The first kappa shape index (κ1) is 15.8. The molecule has 5 nitrogen and oxygen atoms in total. The SMILES string of the molecule is COC(=O)C1=C(C)OC(C)=C(C(=O)OC)C1c1ccccc1. The predicted octanol–water partition coefficient (Wildman–Crippen LogP) is 2.69. The highest BCUT2D eigenvalue weighted by Crippen LogP contribution is 2.41. The number of rotatable bonds is 3. The highest BCUT2D eigenvalue weighted by Gasteiger charge is 2.38. The van der Waals surface area contributed by atoms with Gasteiger partial charge in [-0.3, -0.25) is 0 Å². The largest absolute Gasteiger partial charge is 0.466 e. The number of allylic oxidation sites excluding steroid dienone is 2. The topological polar surface area (TPSA) is 61.8 Å². The van der Waals surface area contributed by atoms with Crippen LogP contribution in [-0.2, 0) is 23.8 Å². The van der Waals surface area contributed by atoms with Crippen LogP contribution in [0.25, 0.3) is 0 Å². The molecule has 0 aliphatic carbocycles. The van der Waals surface area contributed by atoms with Gasteiger partial charge in [0.1, 0.15) is 11.5 Å². The van der Waals surface area contributed by atoms with Crippen molar-refractivity contribution in [2.75, 3.05) is 14.2 Å². The van der Waals surface area contributed by atoms with Crippen molar-refractivity contribution in [3.8, 4) is 0 Å². The summed E-state index contributed by atoms with van der Waals surface area (Å²) in [6.07, 6.45) is 0. The van der Waals surface area contributed by atoms with Crippen molar-refractivity contribution in [2.24, 2.45) is 0 Å². The van der Waals surface area contributed by atoms with Gasteiger partial charge in [0.25, 0.3) is 0 Å². The molecule has 1 aromatic rings. The van der Waals surface area contributed by atoms with E-state index >= 15 is 0 Å². The van der Waals surface area contributed by atoms with E-state index in [-0.39, 0.29) is 0 Å². The first-order valence-corrected chi connectivity index (χ1v) is 6.82. The third-order valence-electron chi connectivity index (χ3n) is 3.59. The number of methoxy groups -OCH3 is 2. The van der Waals surface area contributed by atoms with Gasteiger partial charge >= 0.3 is 11.9 Å². The number of benzene rings is 1. The van der Waals surface area contributed by atoms with Gasteiger partial charge < -0.3 is 14.2 Å². The third kappa shape index (κ3) is 2.74. The number of carbonyl (C=O) groups is 2. The lowest BCUT2D eigenvalue weighted by Gasteiger charge is -2.28. The minimum atomic E-state index is -0.574. The molecule has 0 radical (unpaired) electrons. The Balaban J connectivity index is 2.66. The van der Waals surface area contributed by atoms with Crippen molar-refractivity contribution in [3.63, 3.8) is 0 Å². The number of hydrogen-bond donors (Lipinski definition) is 0. The molecule has 22 heavy (non-hydrogen) atoms. The van der Waals surface area contributed by atoms with Crippen LogP contribution in [0.15, 0.2) is 53.0 Å². The van der Waals surface area contributed by atoms with E-state index in [1.165, 1.54) is 14.2 Å². The lowest BCUT2D eigenvalue weighted by molar-refractivity contribution is -0.137. The van der Waals surface area contributed by atoms with Crippen LogP contribution in [-0.4, -0.2) is 26.2 Å². The van der Waals surface area contributed by atoms with E-state index in [4.69, 9.17) is 14.2 Å². The number of hydrogen-bond acceptors (Lipinski definition) is 5. The third-order valence-corrected chi connectivity index (χ3v) is 3.59. The van der Waals surface area contributed by atoms with E-state index in [1.807, 2.05) is 30.3 Å². The molecule has 5 heteroatoms. The number of ether oxygens (including phenoxy) is 3. The van der Waals surface area contributed by atoms with Crippen molar-refractivity contribution in [2.45, 2.75) is 19.8 Å². The van der Waals surface area contributed by atoms with E-state index in [0.29, 0.717) is 22.7 Å². The fourth-order valence-electron chi connectivity index (χ4n) is 2.61. The fourth-order valence-corrected chi connectivity index (χ4v) is 2.61. The Hall–Kier alpha value is -2.56. The maximum Gasteiger partial charge on any atom is 0.338 e. The van der Waals surface area contributed by atoms with Gasteiger partial charge in [-0.05, 0) is 19.4 Å². The van der Waals surface area contributed by atoms with E-state index in [0.717, 1.165) is 5.56 Å². The molecule has 0 amide bonds. The van der Waals surface area contributed by atoms with Crippen LogP contribution in [0.4, 0.5) is 0 Å². The van der Waals surface area contributed by atoms with Gasteiger partial charge in [0.15, 0.2) is 0 Å². The molecular weight excluding hydrogens is 284 g/mol. The molecule has 0 spiro atoms. The van der Waals surface area contributed by atoms with Crippen molar-refractivity contribution >= 4 is 11.9 Å². The minimum absolute atomic E-state index is 0.305. The Morgan fingerprint density at radius 3 is 1.77 bits per heavy atom. The van der Waals surface area contributed by atoms with Gasteiger partial charge in [-0.2, -0.15) is 0 Å². The minimum Gasteiger partial charge on any atom is -0.466 e. The van der Waals surface area contributed by atoms with Gasteiger partial charge in [-0.15, -0.1) is 0 Å². The molecule has 0 unspecified atom stereocenters. The summed E-state index contributed by atoms with van der Waals surface area (Å²) >= 11 is 0. The van der Waals surface area contributed by atoms with E-state index in [2.05, 4.69) is 0 Å². The van der Waals surface area contributed by atoms with Crippen LogP contribution in [0.1, 0.15) is 25.3 Å². The molecule has 0 N–H and O–H groups in total. The van der Waals surface area contributed by atoms with Crippen molar-refractivity contribution < 1.29 is 23.8 Å². The first-order chi connectivity index (χ1) is 10.5. The molecule has 0 saturated heterocycles. The first-order valence-electron chi connectivity index (χ1n) is 6.82. The zero-order valence-corrected chi connectivity index (χ0v) is 13.0. The Labute approximate surface area is 129 Å². The second-order valence-electron chi connectivity index (χ2n) is 4.87. The second kappa shape index (κ2) is 6.47. The monoisotopic (exact) mass is 302 g/mol. The molecule has 0 aromatic heterocycles. The summed E-state index contributed by atoms with van der Waals surface area (Å²) in [6.45, 7) is 3.36. The normalized spacial score (nSPS) is 15.5. The molecule has 1 aliphatic rings. The maximum atomic E-state index is 12.2. The summed E-state index contributed by atoms with van der Waals surface area (Å²) in [7, 11) is 2.60. The van der Waals surface area contributed by atoms with Crippen LogP contribution in [0.5, 0.6) is 0 Å². The van der Waals surface area contributed by atoms with Gasteiger partial charge in [-0.25, -0.2) is 9.59 Å². The Morgan fingerprint density at radius 2 is 1.36 bits per heavy atom. The maximum absolute atomic E-state index is 12.2. The molecule has 0 fully saturated rings. The number of esters is 2. The molecular formula is C17H18O5. The summed E-state index contributed by atoms with van der Waals surface area (Å²) in [5.41, 5.74) is 1.41. The van der Waals surface area contributed by atoms with Crippen LogP contribution < -0.4 is 0 Å². The van der Waals surface area contributed by atoms with E-state index in [9.17, 15) is 9.59 Å². The summed E-state index contributed by atoms with van der Waals surface area (Å²) in [5.74, 6) is -0.785. The molecule has 1 aliphatic heterocycles. The smallest absolute Gasteiger partial charge is 0.338 e. The Kier molecular flexibility index (Phi) is 4.65. The highest BCUT2D eigenvalue weighted by atomic mass is 16.5. The zero-order valence-electron chi connectivity index (χ0n) is 13.0. The average Bonchev–Trinajstić information content (AvgIpc) is 2.53. The average molecular weight is 302 g/mol. The molecule has 1 aromatic carbocycles. The second-order valence-corrected chi connectivity index (χ2v) is 4.87. The highest BCUT2D eigenvalue weighted by molar-refractivity contribution is 5.99. The molecule has 0 atom stereocenters. The summed E-state index contributed by atoms with van der Waals surface area (Å²) in [6, 6.07) is 9.26. The predicted molar refractivity (Wildman–Crippen MR) is 79.7 cm³/mol. The lowest BCUT2D eigenvalue weighted by atomic mass is 9.82. The summed E-state index contributed by atoms with van der Waals surface area (Å²) < 4.78 is 15.3. The van der Waals surface area contributed by atoms with Gasteiger partial charge in [0.2, 0.25) is 0 Å². The summed E-state index contributed by atoms with van der Waals surface area (Å²) in [5, 5.41) is 0. The Bertz CT molecular complexity index is 617. The van der Waals surface area contributed by atoms with Gasteiger partial charge in [0, 0.05) is 0 Å². The molecule has 2 rings (SSSR count). The van der Waals surface area contributed by atoms with Crippen molar-refractivity contribution in [3.05, 3.63) is 58.6 Å². The zero-order chi connectivity index (χ0) is 16.3. The Morgan fingerprint density at radius 1 is 0.909 bits per heavy atom. The lowest BCUT2D eigenvalue weighted by Crippen LogP contribution is -2.26. The van der Waals surface area contributed by atoms with Crippen LogP contribution in [0, 0.1) is 0 Å². The summed E-state index contributed by atoms with van der Waals surface area (Å²) in [4.78, 5) is 24.4. The van der Waals surface area contributed by atoms with Crippen molar-refractivity contribution in [1.82, 2.24) is 0 Å². The van der Waals surface area contributed by atoms with Crippen molar-refractivity contribution in [1.29, 1.82) is 0 Å². The standard InChI is InChI=1S/C17H18O5/c1-10-13(16(18)20-3)15(12-8-6-5-7-9-12)14(11(2)22-10)17(19)21-4/h5-9,15H,1-4H3. The fraction of sp³-hybridized carbons (Fsp3) is 0.294. The molecule has 0 bridgehead atoms. The van der Waals surface area contributed by atoms with E-state index < -0.39 is 17.9 Å². The number of carbonyl (C=O) groups excluding carboxylic acids is 2. The van der Waals surface area contributed by atoms with Crippen LogP contribution >= 0.6 is 0 Å². The molecule has 1 heterocycles. The van der Waals surface area contributed by atoms with Gasteiger partial charge in [-0.1, -0.05) is 30.3 Å². The van der Waals surface area contributed by atoms with E-state index in [1.54, 1.807) is 13.8 Å². The molecule has 116 valence electrons.